The molecule has 1 unspecified atom stereocenters. The van der Waals surface area contributed by atoms with Crippen LogP contribution in [0, 0.1) is 17.3 Å². The van der Waals surface area contributed by atoms with Gasteiger partial charge in [-0.05, 0) is 53.4 Å². The van der Waals surface area contributed by atoms with Crippen molar-refractivity contribution in [2.75, 3.05) is 0 Å². The normalized spacial score (nSPS) is 26.6. The molecule has 0 aromatic carbocycles. The van der Waals surface area contributed by atoms with E-state index in [1.165, 1.54) is 12.8 Å². The molecule has 0 spiro atoms. The van der Waals surface area contributed by atoms with Crippen LogP contribution < -0.4 is 0 Å². The highest BCUT2D eigenvalue weighted by Crippen LogP contribution is 2.40. The molecule has 21 heavy (non-hydrogen) atoms. The Labute approximate surface area is 133 Å². The van der Waals surface area contributed by atoms with Crippen LogP contribution in [0.15, 0.2) is 17.1 Å². The van der Waals surface area contributed by atoms with E-state index in [-0.39, 0.29) is 10.2 Å². The van der Waals surface area contributed by atoms with Gasteiger partial charge < -0.3 is 4.55 Å². The largest absolute Gasteiger partial charge is 0.591 e. The lowest BCUT2D eigenvalue weighted by Gasteiger charge is -2.31. The molecule has 1 rings (SSSR count). The molecule has 0 amide bonds. The Morgan fingerprint density at radius 1 is 1.38 bits per heavy atom. The summed E-state index contributed by atoms with van der Waals surface area (Å²) in [5.41, 5.74) is 1.05. The zero-order valence-corrected chi connectivity index (χ0v) is 14.8. The van der Waals surface area contributed by atoms with E-state index in [9.17, 15) is 4.55 Å². The lowest BCUT2D eigenvalue weighted by Crippen LogP contribution is -2.33. The highest BCUT2D eigenvalue weighted by Gasteiger charge is 2.38. The van der Waals surface area contributed by atoms with E-state index in [1.54, 1.807) is 0 Å². The molecule has 0 bridgehead atoms. The second-order valence-electron chi connectivity index (χ2n) is 6.84. The summed E-state index contributed by atoms with van der Waals surface area (Å²) >= 11 is -1.19. The van der Waals surface area contributed by atoms with Gasteiger partial charge in [-0.25, -0.2) is 0 Å². The number of hydrogen-bond acceptors (Lipinski definition) is 2. The van der Waals surface area contributed by atoms with Gasteiger partial charge in [0.25, 0.3) is 0 Å². The second-order valence-corrected chi connectivity index (χ2v) is 8.74. The first kappa shape index (κ1) is 18.3. The van der Waals surface area contributed by atoms with Gasteiger partial charge in [0.2, 0.25) is 0 Å². The molecular weight excluding hydrogens is 278 g/mol. The molecule has 0 N–H and O–H groups in total. The van der Waals surface area contributed by atoms with Gasteiger partial charge in [-0.1, -0.05) is 23.3 Å². The van der Waals surface area contributed by atoms with Crippen molar-refractivity contribution in [1.29, 1.82) is 0 Å². The fourth-order valence-electron chi connectivity index (χ4n) is 2.74. The van der Waals surface area contributed by atoms with Gasteiger partial charge in [-0.2, -0.15) is 0 Å². The summed E-state index contributed by atoms with van der Waals surface area (Å²) in [4.78, 5) is 0. The van der Waals surface area contributed by atoms with Crippen LogP contribution in [-0.4, -0.2) is 15.0 Å². The second kappa shape index (κ2) is 8.06. The van der Waals surface area contributed by atoms with E-state index in [4.69, 9.17) is 0 Å². The third-order valence-electron chi connectivity index (χ3n) is 4.04. The molecule has 0 aromatic heterocycles. The number of hydrogen-bond donors (Lipinski definition) is 0. The first-order valence-electron chi connectivity index (χ1n) is 7.86. The minimum absolute atomic E-state index is 0.0534. The summed E-state index contributed by atoms with van der Waals surface area (Å²) < 4.78 is 16.8. The van der Waals surface area contributed by atoms with Crippen LogP contribution in [0.25, 0.3) is 0 Å². The summed E-state index contributed by atoms with van der Waals surface area (Å²) in [5, 5.41) is 0. The van der Waals surface area contributed by atoms with E-state index < -0.39 is 11.4 Å². The van der Waals surface area contributed by atoms with E-state index in [1.807, 2.05) is 33.8 Å². The van der Waals surface area contributed by atoms with Crippen molar-refractivity contribution in [3.8, 4) is 11.8 Å². The molecule has 1 saturated carbocycles. The van der Waals surface area contributed by atoms with Gasteiger partial charge >= 0.3 is 0 Å². The Hall–Kier alpha value is -0.720. The molecule has 118 valence electrons. The van der Waals surface area contributed by atoms with Crippen LogP contribution >= 0.6 is 0 Å². The van der Waals surface area contributed by atoms with Crippen molar-refractivity contribution in [3.63, 3.8) is 0 Å². The highest BCUT2D eigenvalue weighted by atomic mass is 32.2. The topological polar surface area (TPSA) is 35.4 Å². The van der Waals surface area contributed by atoms with Gasteiger partial charge in [0.15, 0.2) is 0 Å². The predicted molar refractivity (Wildman–Crippen MR) is 93.7 cm³/mol. The van der Waals surface area contributed by atoms with Crippen molar-refractivity contribution in [3.05, 3.63) is 12.7 Å². The fourth-order valence-corrected chi connectivity index (χ4v) is 3.50. The molecule has 0 aliphatic heterocycles. The van der Waals surface area contributed by atoms with Crippen molar-refractivity contribution in [1.82, 2.24) is 0 Å². The zero-order valence-electron chi connectivity index (χ0n) is 14.0. The van der Waals surface area contributed by atoms with Gasteiger partial charge in [0.05, 0.1) is 5.71 Å². The van der Waals surface area contributed by atoms with Crippen LogP contribution in [-0.2, 0) is 11.4 Å². The molecular formula is C18H29NOS. The Balaban J connectivity index is 3.19. The molecule has 0 aromatic rings. The molecule has 1 fully saturated rings. The van der Waals surface area contributed by atoms with Gasteiger partial charge in [-0.3, -0.25) is 0 Å². The molecule has 0 saturated heterocycles. The number of allylic oxidation sites excluding steroid dienone is 1. The third kappa shape index (κ3) is 5.20. The van der Waals surface area contributed by atoms with Crippen molar-refractivity contribution >= 4 is 17.1 Å². The third-order valence-corrected chi connectivity index (χ3v) is 5.47. The average Bonchev–Trinajstić information content (AvgIpc) is 2.59. The van der Waals surface area contributed by atoms with E-state index in [2.05, 4.69) is 22.8 Å². The molecule has 2 nitrogen and oxygen atoms in total. The van der Waals surface area contributed by atoms with Crippen LogP contribution in [0.1, 0.15) is 72.6 Å². The predicted octanol–water partition coefficient (Wildman–Crippen LogP) is 4.83. The summed E-state index contributed by atoms with van der Waals surface area (Å²) in [7, 11) is 0. The summed E-state index contributed by atoms with van der Waals surface area (Å²) in [5.74, 6) is 6.24. The van der Waals surface area contributed by atoms with Crippen LogP contribution in [0.4, 0.5) is 0 Å². The summed E-state index contributed by atoms with van der Waals surface area (Å²) in [6.45, 7) is 11.7. The van der Waals surface area contributed by atoms with Crippen molar-refractivity contribution in [2.45, 2.75) is 77.4 Å². The van der Waals surface area contributed by atoms with Crippen LogP contribution in [0.5, 0.6) is 0 Å². The Morgan fingerprint density at radius 3 is 2.67 bits per heavy atom. The standard InChI is InChI=1S/C18H29NOS/c1-6-8-14-18(13-7-2)15-11-9-10-12-16(18)19-21(20)17(3,4)5/h7H,2,9-15H2,1,3-5H3/b19-16+/t18-,21?/m0/s1. The maximum atomic E-state index is 12.5. The average molecular weight is 308 g/mol. The lowest BCUT2D eigenvalue weighted by atomic mass is 9.73. The molecule has 1 aliphatic carbocycles. The molecule has 1 aliphatic rings. The van der Waals surface area contributed by atoms with E-state index in [0.29, 0.717) is 0 Å². The quantitative estimate of drug-likeness (QED) is 0.317. The maximum Gasteiger partial charge on any atom is 0.144 e. The SMILES string of the molecule is C=CC[C@]1(CC#CC)CCCCC/C1=N\[S+]([O-])C(C)(C)C. The summed E-state index contributed by atoms with van der Waals surface area (Å²) in [6.07, 6.45) is 9.23. The number of nitrogens with zero attached hydrogens (tertiary/aromatic N) is 1. The Bertz CT molecular complexity index is 438. The molecule has 3 heteroatoms. The highest BCUT2D eigenvalue weighted by molar-refractivity contribution is 7.91. The van der Waals surface area contributed by atoms with Crippen molar-refractivity contribution < 1.29 is 4.55 Å². The van der Waals surface area contributed by atoms with Crippen LogP contribution in [0.3, 0.4) is 0 Å². The Kier molecular flexibility index (Phi) is 7.03. The van der Waals surface area contributed by atoms with Crippen LogP contribution in [0.2, 0.25) is 0 Å². The first-order chi connectivity index (χ1) is 9.85. The molecule has 0 radical (unpaired) electrons. The van der Waals surface area contributed by atoms with E-state index >= 15 is 0 Å². The Morgan fingerprint density at radius 2 is 2.10 bits per heavy atom. The zero-order chi connectivity index (χ0) is 15.9. The van der Waals surface area contributed by atoms with E-state index in [0.717, 1.165) is 37.8 Å². The molecule has 2 atom stereocenters. The lowest BCUT2D eigenvalue weighted by molar-refractivity contribution is 0.391. The minimum Gasteiger partial charge on any atom is -0.591 e. The number of rotatable bonds is 4. The summed E-state index contributed by atoms with van der Waals surface area (Å²) in [6, 6.07) is 0. The van der Waals surface area contributed by atoms with Gasteiger partial charge in [-0.15, -0.1) is 18.4 Å². The molecule has 0 heterocycles. The monoisotopic (exact) mass is 307 g/mol. The smallest absolute Gasteiger partial charge is 0.144 e. The fraction of sp³-hybridized carbons (Fsp3) is 0.722. The maximum absolute atomic E-state index is 12.5. The van der Waals surface area contributed by atoms with Crippen molar-refractivity contribution in [2.24, 2.45) is 9.81 Å². The first-order valence-corrected chi connectivity index (χ1v) is 8.97. The van der Waals surface area contributed by atoms with Gasteiger partial charge in [0.1, 0.15) is 16.1 Å². The minimum atomic E-state index is -1.19. The van der Waals surface area contributed by atoms with Gasteiger partial charge in [0, 0.05) is 11.8 Å².